The number of halogens is 3. The molecule has 3 aromatic rings. The summed E-state index contributed by atoms with van der Waals surface area (Å²) in [6.45, 7) is 11.3. The first-order valence-electron chi connectivity index (χ1n) is 12.7. The number of hydrogen-bond acceptors (Lipinski definition) is 2. The van der Waals surface area contributed by atoms with E-state index < -0.39 is 0 Å². The van der Waals surface area contributed by atoms with Crippen LogP contribution in [0.5, 0.6) is 0 Å². The Kier molecular flexibility index (Phi) is 10.9. The van der Waals surface area contributed by atoms with Crippen molar-refractivity contribution in [2.75, 3.05) is 6.54 Å². The summed E-state index contributed by atoms with van der Waals surface area (Å²) in [7, 11) is 0. The first kappa shape index (κ1) is 29.1. The molecule has 0 aliphatic rings. The van der Waals surface area contributed by atoms with Gasteiger partial charge in [0.25, 0.3) is 0 Å². The summed E-state index contributed by atoms with van der Waals surface area (Å²) < 4.78 is 1.79. The van der Waals surface area contributed by atoms with Gasteiger partial charge in [0.2, 0.25) is 0 Å². The van der Waals surface area contributed by atoms with Crippen LogP contribution in [0.1, 0.15) is 50.8 Å². The number of hydrogen-bond donors (Lipinski definition) is 2. The molecule has 1 heterocycles. The predicted molar refractivity (Wildman–Crippen MR) is 156 cm³/mol. The van der Waals surface area contributed by atoms with Gasteiger partial charge >= 0.3 is 6.03 Å². The minimum absolute atomic E-state index is 0.211. The van der Waals surface area contributed by atoms with Crippen molar-refractivity contribution in [2.45, 2.75) is 53.0 Å². The Morgan fingerprint density at radius 2 is 1.81 bits per heavy atom. The van der Waals surface area contributed by atoms with Gasteiger partial charge < -0.3 is 10.6 Å². The Morgan fingerprint density at radius 3 is 2.46 bits per heavy atom. The molecule has 2 atom stereocenters. The number of benzene rings is 2. The third-order valence-corrected chi connectivity index (χ3v) is 7.60. The normalized spacial score (nSPS) is 12.7. The highest BCUT2D eigenvalue weighted by Gasteiger charge is 2.20. The van der Waals surface area contributed by atoms with Crippen LogP contribution in [0.4, 0.5) is 4.79 Å². The summed E-state index contributed by atoms with van der Waals surface area (Å²) in [5.74, 6) is 1.25. The summed E-state index contributed by atoms with van der Waals surface area (Å²) in [6, 6.07) is 12.6. The zero-order chi connectivity index (χ0) is 26.9. The van der Waals surface area contributed by atoms with Gasteiger partial charge in [-0.1, -0.05) is 73.3 Å². The van der Waals surface area contributed by atoms with E-state index >= 15 is 0 Å². The third-order valence-electron chi connectivity index (χ3n) is 6.81. The lowest BCUT2D eigenvalue weighted by molar-refractivity contribution is 0.239. The average molecular weight is 562 g/mol. The standard InChI is InChI=1S/C29H35Cl3N4O/c1-5-8-21(6-2)19(3)9-7-16-33-29(37)34-18-26-20(4)28(22-10-12-23(30)13-11-22)36(35-26)27-15-14-24(31)17-25(27)32/h5,10-15,17,19,21H,1,6-9,16,18H2,2-4H3,(H2,33,34,37). The molecule has 198 valence electrons. The minimum Gasteiger partial charge on any atom is -0.338 e. The molecule has 0 aliphatic heterocycles. The molecule has 2 amide bonds. The van der Waals surface area contributed by atoms with E-state index in [0.717, 1.165) is 48.2 Å². The van der Waals surface area contributed by atoms with Gasteiger partial charge in [-0.2, -0.15) is 5.10 Å². The summed E-state index contributed by atoms with van der Waals surface area (Å²) >= 11 is 18.8. The Labute approximate surface area is 235 Å². The molecule has 0 bridgehead atoms. The van der Waals surface area contributed by atoms with E-state index in [4.69, 9.17) is 39.9 Å². The van der Waals surface area contributed by atoms with Crippen molar-refractivity contribution in [3.05, 3.63) is 81.4 Å². The van der Waals surface area contributed by atoms with Gasteiger partial charge in [0, 0.05) is 27.7 Å². The quantitative estimate of drug-likeness (QED) is 0.172. The molecule has 2 N–H and O–H groups in total. The topological polar surface area (TPSA) is 59.0 Å². The molecule has 0 aliphatic carbocycles. The maximum atomic E-state index is 12.5. The van der Waals surface area contributed by atoms with E-state index in [2.05, 4.69) is 31.1 Å². The molecular formula is C29H35Cl3N4O. The Hall–Kier alpha value is -2.47. The van der Waals surface area contributed by atoms with Gasteiger partial charge in [0.1, 0.15) is 0 Å². The molecule has 5 nitrogen and oxygen atoms in total. The second kappa shape index (κ2) is 13.9. The van der Waals surface area contributed by atoms with Crippen molar-refractivity contribution in [1.82, 2.24) is 20.4 Å². The van der Waals surface area contributed by atoms with E-state index in [-0.39, 0.29) is 12.6 Å². The third kappa shape index (κ3) is 7.76. The average Bonchev–Trinajstić information content (AvgIpc) is 3.19. The van der Waals surface area contributed by atoms with E-state index in [1.54, 1.807) is 16.8 Å². The number of nitrogens with one attached hydrogen (secondary N) is 2. The number of allylic oxidation sites excluding steroid dienone is 1. The van der Waals surface area contributed by atoms with Crippen LogP contribution in [0.3, 0.4) is 0 Å². The fourth-order valence-corrected chi connectivity index (χ4v) is 5.20. The fourth-order valence-electron chi connectivity index (χ4n) is 4.59. The van der Waals surface area contributed by atoms with Gasteiger partial charge in [-0.05, 0) is 68.4 Å². The SMILES string of the molecule is C=CCC(CC)C(C)CCCNC(=O)NCc1nn(-c2ccc(Cl)cc2Cl)c(-c2ccc(Cl)cc2)c1C. The van der Waals surface area contributed by atoms with Crippen molar-refractivity contribution in [2.24, 2.45) is 11.8 Å². The molecule has 1 aromatic heterocycles. The van der Waals surface area contributed by atoms with Crippen LogP contribution in [-0.4, -0.2) is 22.4 Å². The molecular weight excluding hydrogens is 527 g/mol. The lowest BCUT2D eigenvalue weighted by atomic mass is 9.85. The molecule has 0 saturated heterocycles. The van der Waals surface area contributed by atoms with Gasteiger partial charge in [0.15, 0.2) is 0 Å². The zero-order valence-electron chi connectivity index (χ0n) is 21.7. The van der Waals surface area contributed by atoms with Gasteiger partial charge in [-0.15, -0.1) is 6.58 Å². The van der Waals surface area contributed by atoms with Crippen LogP contribution in [0.15, 0.2) is 55.1 Å². The lowest BCUT2D eigenvalue weighted by Crippen LogP contribution is -2.36. The number of rotatable bonds is 12. The second-order valence-corrected chi connectivity index (χ2v) is 10.6. The predicted octanol–water partition coefficient (Wildman–Crippen LogP) is 8.63. The second-order valence-electron chi connectivity index (χ2n) is 9.36. The number of nitrogens with zero attached hydrogens (tertiary/aromatic N) is 2. The van der Waals surface area contributed by atoms with Crippen LogP contribution in [-0.2, 0) is 6.54 Å². The molecule has 2 aromatic carbocycles. The van der Waals surface area contributed by atoms with Crippen molar-refractivity contribution in [1.29, 1.82) is 0 Å². The summed E-state index contributed by atoms with van der Waals surface area (Å²) in [5, 5.41) is 12.4. The van der Waals surface area contributed by atoms with Crippen LogP contribution in [0.2, 0.25) is 15.1 Å². The smallest absolute Gasteiger partial charge is 0.315 e. The Morgan fingerprint density at radius 1 is 1.11 bits per heavy atom. The minimum atomic E-state index is -0.211. The summed E-state index contributed by atoms with van der Waals surface area (Å²) in [6.07, 6.45) is 6.19. The monoisotopic (exact) mass is 560 g/mol. The first-order valence-corrected chi connectivity index (χ1v) is 13.8. The highest BCUT2D eigenvalue weighted by Crippen LogP contribution is 2.33. The Bertz CT molecular complexity index is 1210. The van der Waals surface area contributed by atoms with Crippen molar-refractivity contribution in [3.63, 3.8) is 0 Å². The summed E-state index contributed by atoms with van der Waals surface area (Å²) in [4.78, 5) is 12.5. The molecule has 0 saturated carbocycles. The molecule has 2 unspecified atom stereocenters. The fraction of sp³-hybridized carbons (Fsp3) is 0.379. The van der Waals surface area contributed by atoms with E-state index in [1.807, 2.05) is 43.3 Å². The van der Waals surface area contributed by atoms with Crippen LogP contribution >= 0.6 is 34.8 Å². The molecule has 3 rings (SSSR count). The summed E-state index contributed by atoms with van der Waals surface area (Å²) in [5.41, 5.74) is 4.19. The van der Waals surface area contributed by atoms with Crippen molar-refractivity contribution >= 4 is 40.8 Å². The van der Waals surface area contributed by atoms with Crippen molar-refractivity contribution < 1.29 is 4.79 Å². The van der Waals surface area contributed by atoms with E-state index in [0.29, 0.717) is 39.1 Å². The number of amides is 2. The van der Waals surface area contributed by atoms with Gasteiger partial charge in [0.05, 0.1) is 28.6 Å². The van der Waals surface area contributed by atoms with Crippen LogP contribution in [0.25, 0.3) is 16.9 Å². The number of carbonyl (C=O) groups excluding carboxylic acids is 1. The van der Waals surface area contributed by atoms with E-state index in [9.17, 15) is 4.79 Å². The van der Waals surface area contributed by atoms with Crippen molar-refractivity contribution in [3.8, 4) is 16.9 Å². The molecule has 8 heteroatoms. The van der Waals surface area contributed by atoms with E-state index in [1.165, 1.54) is 0 Å². The van der Waals surface area contributed by atoms with Crippen LogP contribution in [0, 0.1) is 18.8 Å². The molecule has 0 spiro atoms. The highest BCUT2D eigenvalue weighted by atomic mass is 35.5. The maximum absolute atomic E-state index is 12.5. The molecule has 0 fully saturated rings. The largest absolute Gasteiger partial charge is 0.338 e. The molecule has 0 radical (unpaired) electrons. The number of carbonyl (C=O) groups is 1. The Balaban J connectivity index is 1.69. The van der Waals surface area contributed by atoms with Crippen LogP contribution < -0.4 is 10.6 Å². The molecule has 37 heavy (non-hydrogen) atoms. The maximum Gasteiger partial charge on any atom is 0.315 e. The number of urea groups is 1. The lowest BCUT2D eigenvalue weighted by Gasteiger charge is -2.21. The first-order chi connectivity index (χ1) is 17.7. The van der Waals surface area contributed by atoms with Gasteiger partial charge in [-0.25, -0.2) is 9.48 Å². The number of aromatic nitrogens is 2. The zero-order valence-corrected chi connectivity index (χ0v) is 23.9. The highest BCUT2D eigenvalue weighted by molar-refractivity contribution is 6.35. The van der Waals surface area contributed by atoms with Gasteiger partial charge in [-0.3, -0.25) is 0 Å².